The first-order valence-corrected chi connectivity index (χ1v) is 6.20. The van der Waals surface area contributed by atoms with Crippen LogP contribution >= 0.6 is 0 Å². The fourth-order valence-corrected chi connectivity index (χ4v) is 2.45. The SMILES string of the molecule is CCNC1(CO)CCN(CC(C)C)CC1. The number of aliphatic hydroxyl groups is 1. The molecule has 0 aromatic rings. The first kappa shape index (κ1) is 12.9. The van der Waals surface area contributed by atoms with Crippen molar-refractivity contribution in [1.82, 2.24) is 10.2 Å². The fourth-order valence-electron chi connectivity index (χ4n) is 2.45. The third kappa shape index (κ3) is 3.74. The molecule has 0 aromatic heterocycles. The lowest BCUT2D eigenvalue weighted by atomic mass is 9.88. The van der Waals surface area contributed by atoms with Crippen LogP contribution < -0.4 is 5.32 Å². The number of likely N-dealkylation sites (tertiary alicyclic amines) is 1. The molecular formula is C12H26N2O. The van der Waals surface area contributed by atoms with Crippen LogP contribution in [0.2, 0.25) is 0 Å². The molecule has 90 valence electrons. The van der Waals surface area contributed by atoms with Crippen molar-refractivity contribution >= 4 is 0 Å². The minimum Gasteiger partial charge on any atom is -0.394 e. The van der Waals surface area contributed by atoms with Gasteiger partial charge in [0, 0.05) is 12.1 Å². The van der Waals surface area contributed by atoms with Gasteiger partial charge in [0.25, 0.3) is 0 Å². The summed E-state index contributed by atoms with van der Waals surface area (Å²) in [7, 11) is 0. The van der Waals surface area contributed by atoms with Gasteiger partial charge in [-0.3, -0.25) is 0 Å². The molecule has 0 radical (unpaired) electrons. The smallest absolute Gasteiger partial charge is 0.0614 e. The summed E-state index contributed by atoms with van der Waals surface area (Å²) in [6, 6.07) is 0. The third-order valence-electron chi connectivity index (χ3n) is 3.29. The highest BCUT2D eigenvalue weighted by Gasteiger charge is 2.32. The Morgan fingerprint density at radius 2 is 1.93 bits per heavy atom. The number of hydrogen-bond donors (Lipinski definition) is 2. The fraction of sp³-hybridized carbons (Fsp3) is 1.00. The van der Waals surface area contributed by atoms with Gasteiger partial charge in [-0.2, -0.15) is 0 Å². The molecule has 3 heteroatoms. The van der Waals surface area contributed by atoms with Gasteiger partial charge in [0.1, 0.15) is 0 Å². The lowest BCUT2D eigenvalue weighted by Gasteiger charge is -2.41. The zero-order valence-corrected chi connectivity index (χ0v) is 10.4. The van der Waals surface area contributed by atoms with Gasteiger partial charge >= 0.3 is 0 Å². The lowest BCUT2D eigenvalue weighted by Crippen LogP contribution is -2.56. The van der Waals surface area contributed by atoms with Crippen LogP contribution in [0.3, 0.4) is 0 Å². The molecular weight excluding hydrogens is 188 g/mol. The molecule has 1 saturated heterocycles. The Bertz CT molecular complexity index is 174. The highest BCUT2D eigenvalue weighted by atomic mass is 16.3. The minimum atomic E-state index is 0.00221. The van der Waals surface area contributed by atoms with Crippen LogP contribution in [0.15, 0.2) is 0 Å². The van der Waals surface area contributed by atoms with Crippen molar-refractivity contribution in [3.63, 3.8) is 0 Å². The Morgan fingerprint density at radius 3 is 2.33 bits per heavy atom. The summed E-state index contributed by atoms with van der Waals surface area (Å²) in [6.45, 7) is 11.3. The molecule has 1 aliphatic rings. The number of nitrogens with one attached hydrogen (secondary N) is 1. The van der Waals surface area contributed by atoms with Crippen LogP contribution in [0.25, 0.3) is 0 Å². The summed E-state index contributed by atoms with van der Waals surface area (Å²) in [5, 5.41) is 12.9. The topological polar surface area (TPSA) is 35.5 Å². The Morgan fingerprint density at radius 1 is 1.33 bits per heavy atom. The van der Waals surface area contributed by atoms with Crippen LogP contribution in [-0.4, -0.2) is 48.3 Å². The Hall–Kier alpha value is -0.120. The largest absolute Gasteiger partial charge is 0.394 e. The molecule has 1 heterocycles. The zero-order chi connectivity index (χ0) is 11.3. The van der Waals surface area contributed by atoms with Crippen LogP contribution in [0.5, 0.6) is 0 Å². The maximum absolute atomic E-state index is 9.46. The average Bonchev–Trinajstić information content (AvgIpc) is 2.21. The van der Waals surface area contributed by atoms with Gasteiger partial charge in [0.05, 0.1) is 6.61 Å². The van der Waals surface area contributed by atoms with Crippen molar-refractivity contribution in [3.8, 4) is 0 Å². The summed E-state index contributed by atoms with van der Waals surface area (Å²) in [5.74, 6) is 0.741. The van der Waals surface area contributed by atoms with Crippen molar-refractivity contribution in [3.05, 3.63) is 0 Å². The van der Waals surface area contributed by atoms with Gasteiger partial charge in [-0.15, -0.1) is 0 Å². The van der Waals surface area contributed by atoms with Crippen LogP contribution in [-0.2, 0) is 0 Å². The van der Waals surface area contributed by atoms with Crippen molar-refractivity contribution in [1.29, 1.82) is 0 Å². The van der Waals surface area contributed by atoms with E-state index in [9.17, 15) is 5.11 Å². The van der Waals surface area contributed by atoms with E-state index in [0.29, 0.717) is 0 Å². The van der Waals surface area contributed by atoms with Gasteiger partial charge < -0.3 is 15.3 Å². The molecule has 0 aliphatic carbocycles. The zero-order valence-electron chi connectivity index (χ0n) is 10.4. The number of likely N-dealkylation sites (N-methyl/N-ethyl adjacent to an activating group) is 1. The maximum atomic E-state index is 9.46. The number of aliphatic hydroxyl groups excluding tert-OH is 1. The second-order valence-corrected chi connectivity index (χ2v) is 5.16. The molecule has 1 fully saturated rings. The van der Waals surface area contributed by atoms with Gasteiger partial charge in [-0.05, 0) is 38.4 Å². The molecule has 1 rings (SSSR count). The van der Waals surface area contributed by atoms with Crippen LogP contribution in [0, 0.1) is 5.92 Å². The minimum absolute atomic E-state index is 0.00221. The van der Waals surface area contributed by atoms with E-state index in [1.807, 2.05) is 0 Å². The first-order chi connectivity index (χ1) is 7.12. The maximum Gasteiger partial charge on any atom is 0.0614 e. The molecule has 0 aromatic carbocycles. The second-order valence-electron chi connectivity index (χ2n) is 5.16. The summed E-state index contributed by atoms with van der Waals surface area (Å²) >= 11 is 0. The van der Waals surface area contributed by atoms with E-state index in [4.69, 9.17) is 0 Å². The molecule has 0 saturated carbocycles. The number of hydrogen-bond acceptors (Lipinski definition) is 3. The molecule has 0 atom stereocenters. The van der Waals surface area contributed by atoms with E-state index < -0.39 is 0 Å². The molecule has 0 amide bonds. The quantitative estimate of drug-likeness (QED) is 0.719. The van der Waals surface area contributed by atoms with Gasteiger partial charge in [-0.25, -0.2) is 0 Å². The molecule has 2 N–H and O–H groups in total. The highest BCUT2D eigenvalue weighted by molar-refractivity contribution is 4.92. The highest BCUT2D eigenvalue weighted by Crippen LogP contribution is 2.22. The van der Waals surface area contributed by atoms with E-state index in [-0.39, 0.29) is 12.1 Å². The molecule has 1 aliphatic heterocycles. The third-order valence-corrected chi connectivity index (χ3v) is 3.29. The number of nitrogens with zero attached hydrogens (tertiary/aromatic N) is 1. The summed E-state index contributed by atoms with van der Waals surface area (Å²) in [4.78, 5) is 2.51. The first-order valence-electron chi connectivity index (χ1n) is 6.20. The molecule has 0 bridgehead atoms. The number of rotatable bonds is 5. The number of piperidine rings is 1. The van der Waals surface area contributed by atoms with Crippen molar-refractivity contribution in [2.75, 3.05) is 32.8 Å². The monoisotopic (exact) mass is 214 g/mol. The van der Waals surface area contributed by atoms with Gasteiger partial charge in [-0.1, -0.05) is 20.8 Å². The molecule has 3 nitrogen and oxygen atoms in total. The summed E-state index contributed by atoms with van der Waals surface area (Å²) in [6.07, 6.45) is 2.15. The Balaban J connectivity index is 2.38. The van der Waals surface area contributed by atoms with E-state index >= 15 is 0 Å². The van der Waals surface area contributed by atoms with E-state index in [1.54, 1.807) is 0 Å². The molecule has 15 heavy (non-hydrogen) atoms. The summed E-state index contributed by atoms with van der Waals surface area (Å²) < 4.78 is 0. The van der Waals surface area contributed by atoms with E-state index in [1.165, 1.54) is 6.54 Å². The molecule has 0 spiro atoms. The second kappa shape index (κ2) is 5.83. The lowest BCUT2D eigenvalue weighted by molar-refractivity contribution is 0.0750. The standard InChI is InChI=1S/C12H26N2O/c1-4-13-12(10-15)5-7-14(8-6-12)9-11(2)3/h11,13,15H,4-10H2,1-3H3. The average molecular weight is 214 g/mol. The normalized spacial score (nSPS) is 22.2. The Kier molecular flexibility index (Phi) is 5.03. The van der Waals surface area contributed by atoms with E-state index in [0.717, 1.165) is 38.4 Å². The predicted molar refractivity (Wildman–Crippen MR) is 64.0 cm³/mol. The van der Waals surface area contributed by atoms with Crippen molar-refractivity contribution in [2.45, 2.75) is 39.2 Å². The van der Waals surface area contributed by atoms with Crippen molar-refractivity contribution < 1.29 is 5.11 Å². The van der Waals surface area contributed by atoms with Crippen LogP contribution in [0.1, 0.15) is 33.6 Å². The van der Waals surface area contributed by atoms with Crippen molar-refractivity contribution in [2.24, 2.45) is 5.92 Å². The predicted octanol–water partition coefficient (Wildman–Crippen LogP) is 1.08. The van der Waals surface area contributed by atoms with Gasteiger partial charge in [0.2, 0.25) is 0 Å². The Labute approximate surface area is 93.9 Å². The summed E-state index contributed by atoms with van der Waals surface area (Å²) in [5.41, 5.74) is 0.00221. The molecule has 0 unspecified atom stereocenters. The van der Waals surface area contributed by atoms with Crippen LogP contribution in [0.4, 0.5) is 0 Å². The van der Waals surface area contributed by atoms with E-state index in [2.05, 4.69) is 31.0 Å². The van der Waals surface area contributed by atoms with Gasteiger partial charge in [0.15, 0.2) is 0 Å².